The number of fused-ring (bicyclic) bond motifs is 1. The highest BCUT2D eigenvalue weighted by atomic mass is 35.5. The molecule has 0 N–H and O–H groups in total. The number of carbonyl (C=O) groups excluding carboxylic acids is 1. The molecule has 1 fully saturated rings. The van der Waals surface area contributed by atoms with Crippen LogP contribution in [0.2, 0.25) is 0 Å². The molecule has 1 unspecified atom stereocenters. The molecule has 20 heavy (non-hydrogen) atoms. The highest BCUT2D eigenvalue weighted by molar-refractivity contribution is 6.16. The van der Waals surface area contributed by atoms with E-state index < -0.39 is 5.97 Å². The Morgan fingerprint density at radius 1 is 1.65 bits per heavy atom. The Labute approximate surface area is 120 Å². The monoisotopic (exact) mass is 298 g/mol. The number of imidazole rings is 1. The van der Waals surface area contributed by atoms with Crippen LogP contribution in [-0.2, 0) is 21.9 Å². The van der Waals surface area contributed by atoms with E-state index in [-0.39, 0.29) is 12.0 Å². The lowest BCUT2D eigenvalue weighted by Crippen LogP contribution is -2.33. The first-order chi connectivity index (χ1) is 9.74. The lowest BCUT2D eigenvalue weighted by Gasteiger charge is -2.27. The van der Waals surface area contributed by atoms with Crippen LogP contribution in [0.5, 0.6) is 0 Å². The first kappa shape index (κ1) is 13.4. The zero-order valence-corrected chi connectivity index (χ0v) is 11.8. The van der Waals surface area contributed by atoms with Gasteiger partial charge in [-0.3, -0.25) is 4.68 Å². The predicted molar refractivity (Wildman–Crippen MR) is 70.8 cm³/mol. The van der Waals surface area contributed by atoms with Crippen molar-refractivity contribution in [2.75, 3.05) is 13.2 Å². The molecule has 2 aromatic rings. The summed E-state index contributed by atoms with van der Waals surface area (Å²) in [4.78, 5) is 20.4. The number of nitrogens with zero attached hydrogens (tertiary/aromatic N) is 4. The quantitative estimate of drug-likeness (QED) is 0.613. The largest absolute Gasteiger partial charge is 0.461 e. The number of hydrogen-bond donors (Lipinski definition) is 0. The van der Waals surface area contributed by atoms with E-state index in [0.29, 0.717) is 30.4 Å². The van der Waals surface area contributed by atoms with E-state index in [2.05, 4.69) is 9.97 Å². The molecule has 1 saturated heterocycles. The van der Waals surface area contributed by atoms with Crippen LogP contribution >= 0.6 is 11.6 Å². The van der Waals surface area contributed by atoms with E-state index in [1.165, 1.54) is 6.20 Å². The zero-order chi connectivity index (χ0) is 14.1. The van der Waals surface area contributed by atoms with Gasteiger partial charge in [-0.25, -0.2) is 14.3 Å². The molecule has 3 heterocycles. The maximum absolute atomic E-state index is 12.0. The van der Waals surface area contributed by atoms with Crippen LogP contribution in [0.15, 0.2) is 6.20 Å². The van der Waals surface area contributed by atoms with Crippen LogP contribution in [0, 0.1) is 0 Å². The molecule has 108 valence electrons. The third kappa shape index (κ3) is 2.16. The molecule has 1 aliphatic rings. The molecule has 1 atom stereocenters. The van der Waals surface area contributed by atoms with E-state index in [9.17, 15) is 4.79 Å². The van der Waals surface area contributed by atoms with Gasteiger partial charge in [0.1, 0.15) is 5.82 Å². The van der Waals surface area contributed by atoms with Crippen molar-refractivity contribution in [1.29, 1.82) is 0 Å². The van der Waals surface area contributed by atoms with E-state index in [4.69, 9.17) is 21.1 Å². The molecular formula is C12H15ClN4O3. The van der Waals surface area contributed by atoms with E-state index >= 15 is 0 Å². The SMILES string of the molecule is CCOC(=O)c1cnc2nc(CCl)n(CC3CCO3)n12. The Morgan fingerprint density at radius 2 is 2.45 bits per heavy atom. The van der Waals surface area contributed by atoms with Gasteiger partial charge in [-0.1, -0.05) is 0 Å². The molecule has 0 amide bonds. The molecule has 3 rings (SSSR count). The maximum atomic E-state index is 12.0. The second-order valence-electron chi connectivity index (χ2n) is 4.50. The number of hydrogen-bond acceptors (Lipinski definition) is 5. The summed E-state index contributed by atoms with van der Waals surface area (Å²) < 4.78 is 14.0. The van der Waals surface area contributed by atoms with Crippen molar-refractivity contribution in [3.8, 4) is 0 Å². The lowest BCUT2D eigenvalue weighted by molar-refractivity contribution is -0.0619. The fourth-order valence-electron chi connectivity index (χ4n) is 2.19. The number of esters is 1. The van der Waals surface area contributed by atoms with Crippen molar-refractivity contribution in [2.24, 2.45) is 0 Å². The van der Waals surface area contributed by atoms with Crippen LogP contribution in [-0.4, -0.2) is 44.5 Å². The Hall–Kier alpha value is -1.60. The maximum Gasteiger partial charge on any atom is 0.358 e. The summed E-state index contributed by atoms with van der Waals surface area (Å²) in [6, 6.07) is 0. The minimum Gasteiger partial charge on any atom is -0.461 e. The van der Waals surface area contributed by atoms with Gasteiger partial charge in [0.25, 0.3) is 5.78 Å². The van der Waals surface area contributed by atoms with Gasteiger partial charge in [-0.05, 0) is 13.3 Å². The van der Waals surface area contributed by atoms with Gasteiger partial charge in [0.15, 0.2) is 5.69 Å². The highest BCUT2D eigenvalue weighted by Gasteiger charge is 2.25. The first-order valence-corrected chi connectivity index (χ1v) is 7.05. The van der Waals surface area contributed by atoms with Crippen molar-refractivity contribution < 1.29 is 14.3 Å². The van der Waals surface area contributed by atoms with Crippen LogP contribution < -0.4 is 0 Å². The smallest absolute Gasteiger partial charge is 0.358 e. The molecule has 1 aliphatic heterocycles. The second kappa shape index (κ2) is 5.41. The molecule has 0 bridgehead atoms. The van der Waals surface area contributed by atoms with E-state index in [0.717, 1.165) is 13.0 Å². The van der Waals surface area contributed by atoms with Crippen molar-refractivity contribution >= 4 is 23.3 Å². The zero-order valence-electron chi connectivity index (χ0n) is 11.1. The molecule has 0 aliphatic carbocycles. The van der Waals surface area contributed by atoms with Crippen LogP contribution in [0.3, 0.4) is 0 Å². The lowest BCUT2D eigenvalue weighted by atomic mass is 10.2. The third-order valence-electron chi connectivity index (χ3n) is 3.26. The van der Waals surface area contributed by atoms with Crippen LogP contribution in [0.1, 0.15) is 29.7 Å². The minimum atomic E-state index is -0.420. The summed E-state index contributed by atoms with van der Waals surface area (Å²) in [5.41, 5.74) is 0.352. The highest BCUT2D eigenvalue weighted by Crippen LogP contribution is 2.18. The number of ether oxygens (including phenoxy) is 2. The molecule has 7 nitrogen and oxygen atoms in total. The summed E-state index contributed by atoms with van der Waals surface area (Å²) in [5.74, 6) is 0.939. The van der Waals surface area contributed by atoms with Crippen molar-refractivity contribution in [1.82, 2.24) is 19.2 Å². The average molecular weight is 299 g/mol. The van der Waals surface area contributed by atoms with Gasteiger partial charge >= 0.3 is 5.97 Å². The summed E-state index contributed by atoms with van der Waals surface area (Å²) in [7, 11) is 0. The molecule has 0 aromatic carbocycles. The summed E-state index contributed by atoms with van der Waals surface area (Å²) >= 11 is 5.92. The fourth-order valence-corrected chi connectivity index (χ4v) is 2.39. The van der Waals surface area contributed by atoms with Gasteiger partial charge in [-0.15, -0.1) is 11.6 Å². The van der Waals surface area contributed by atoms with Gasteiger partial charge in [0, 0.05) is 6.61 Å². The van der Waals surface area contributed by atoms with Gasteiger partial charge in [0.2, 0.25) is 0 Å². The topological polar surface area (TPSA) is 70.6 Å². The predicted octanol–water partition coefficient (Wildman–Crippen LogP) is 1.24. The van der Waals surface area contributed by atoms with E-state index in [1.54, 1.807) is 11.4 Å². The molecule has 0 saturated carbocycles. The number of alkyl halides is 1. The van der Waals surface area contributed by atoms with Crippen LogP contribution in [0.4, 0.5) is 0 Å². The van der Waals surface area contributed by atoms with Crippen molar-refractivity contribution in [3.63, 3.8) is 0 Å². The Kier molecular flexibility index (Phi) is 3.62. The molecule has 0 radical (unpaired) electrons. The molecule has 0 spiro atoms. The number of carbonyl (C=O) groups is 1. The number of aromatic nitrogens is 4. The van der Waals surface area contributed by atoms with Gasteiger partial charge in [-0.2, -0.15) is 4.98 Å². The standard InChI is InChI=1S/C12H15ClN4O3/c1-2-19-11(18)9-6-14-12-15-10(5-13)16(17(9)12)7-8-3-4-20-8/h6,8H,2-5,7H2,1H3. The van der Waals surface area contributed by atoms with Gasteiger partial charge in [0.05, 0.1) is 31.3 Å². The third-order valence-corrected chi connectivity index (χ3v) is 3.50. The number of halogens is 1. The summed E-state index contributed by atoms with van der Waals surface area (Å²) in [6.07, 6.45) is 2.59. The number of rotatable bonds is 5. The van der Waals surface area contributed by atoms with E-state index in [1.807, 2.05) is 4.68 Å². The molecular weight excluding hydrogens is 284 g/mol. The average Bonchev–Trinajstić information content (AvgIpc) is 2.92. The molecule has 8 heteroatoms. The Balaban J connectivity index is 2.03. The van der Waals surface area contributed by atoms with Gasteiger partial charge < -0.3 is 9.47 Å². The molecule has 2 aromatic heterocycles. The van der Waals surface area contributed by atoms with Crippen LogP contribution in [0.25, 0.3) is 5.78 Å². The Morgan fingerprint density at radius 3 is 3.05 bits per heavy atom. The first-order valence-electron chi connectivity index (χ1n) is 6.52. The second-order valence-corrected chi connectivity index (χ2v) is 4.77. The van der Waals surface area contributed by atoms with Crippen molar-refractivity contribution in [3.05, 3.63) is 17.7 Å². The minimum absolute atomic E-state index is 0.131. The summed E-state index contributed by atoms with van der Waals surface area (Å²) in [6.45, 7) is 3.45. The summed E-state index contributed by atoms with van der Waals surface area (Å²) in [5, 5.41) is 0. The Bertz CT molecular complexity index is 632. The normalized spacial score (nSPS) is 18.2. The fraction of sp³-hybridized carbons (Fsp3) is 0.583. The van der Waals surface area contributed by atoms with Crippen molar-refractivity contribution in [2.45, 2.75) is 31.9 Å².